The summed E-state index contributed by atoms with van der Waals surface area (Å²) in [6.07, 6.45) is 1.88. The van der Waals surface area contributed by atoms with E-state index in [-0.39, 0.29) is 11.7 Å². The topological polar surface area (TPSA) is 59.5 Å². The zero-order chi connectivity index (χ0) is 20.5. The first-order valence-corrected chi connectivity index (χ1v) is 10.0. The summed E-state index contributed by atoms with van der Waals surface area (Å²) in [4.78, 5) is 33.1. The Morgan fingerprint density at radius 1 is 1.03 bits per heavy atom. The van der Waals surface area contributed by atoms with Crippen LogP contribution in [0, 0.1) is 5.41 Å². The highest BCUT2D eigenvalue weighted by Gasteiger charge is 2.46. The third-order valence-corrected chi connectivity index (χ3v) is 5.98. The summed E-state index contributed by atoms with van der Waals surface area (Å²) < 4.78 is 6.10. The van der Waals surface area contributed by atoms with Crippen LogP contribution < -0.4 is 9.64 Å². The van der Waals surface area contributed by atoms with E-state index >= 15 is 0 Å². The lowest BCUT2D eigenvalue weighted by molar-refractivity contribution is 0.0877. The van der Waals surface area contributed by atoms with Crippen LogP contribution in [0.25, 0.3) is 16.6 Å². The second-order valence-electron chi connectivity index (χ2n) is 7.79. The molecule has 0 unspecified atom stereocenters. The minimum atomic E-state index is -0.759. The maximum atomic E-state index is 13.6. The molecule has 1 aromatic heterocycles. The van der Waals surface area contributed by atoms with Crippen molar-refractivity contribution in [3.05, 3.63) is 69.8 Å². The summed E-state index contributed by atoms with van der Waals surface area (Å²) in [5.41, 5.74) is 2.82. The van der Waals surface area contributed by atoms with E-state index in [1.807, 2.05) is 62.4 Å². The van der Waals surface area contributed by atoms with Gasteiger partial charge in [0.05, 0.1) is 23.9 Å². The first-order valence-electron chi connectivity index (χ1n) is 9.21. The number of Topliss-reactive ketones (excluding diaryl/α,β-unsaturated/α-hetero) is 1. The smallest absolute Gasteiger partial charge is 0.264 e. The standard InChI is InChI=1S/C23H17BrN2O3/c1-23(2)11-17-19-18(22(28)26(17)13-5-7-14(29-3)8-6-13)15-10-12(24)4-9-16(15)25-20(19)21(23)27/h4-11H,1-3H3. The molecule has 1 aliphatic carbocycles. The lowest BCUT2D eigenvalue weighted by Crippen LogP contribution is -2.30. The van der Waals surface area contributed by atoms with Crippen molar-refractivity contribution in [1.29, 1.82) is 0 Å². The molecule has 29 heavy (non-hydrogen) atoms. The normalized spacial score (nSPS) is 16.8. The number of benzene rings is 2. The summed E-state index contributed by atoms with van der Waals surface area (Å²) in [6, 6.07) is 12.9. The number of ether oxygens (including phenoxy) is 1. The maximum Gasteiger partial charge on any atom is 0.264 e. The Balaban J connectivity index is 1.84. The predicted molar refractivity (Wildman–Crippen MR) is 115 cm³/mol. The Bertz CT molecular complexity index is 1260. The number of allylic oxidation sites excluding steroid dienone is 1. The van der Waals surface area contributed by atoms with Crippen molar-refractivity contribution >= 4 is 49.9 Å². The summed E-state index contributed by atoms with van der Waals surface area (Å²) >= 11 is 3.48. The molecule has 2 heterocycles. The Morgan fingerprint density at radius 3 is 2.45 bits per heavy atom. The van der Waals surface area contributed by atoms with E-state index in [0.29, 0.717) is 33.8 Å². The van der Waals surface area contributed by atoms with Crippen molar-refractivity contribution in [2.75, 3.05) is 12.0 Å². The predicted octanol–water partition coefficient (Wildman–Crippen LogP) is 5.23. The van der Waals surface area contributed by atoms with Gasteiger partial charge in [0.25, 0.3) is 5.91 Å². The molecule has 0 saturated heterocycles. The van der Waals surface area contributed by atoms with E-state index in [2.05, 4.69) is 20.9 Å². The molecule has 2 aliphatic rings. The molecule has 0 saturated carbocycles. The fourth-order valence-corrected chi connectivity index (χ4v) is 4.40. The molecule has 0 radical (unpaired) electrons. The number of carbonyl (C=O) groups is 2. The van der Waals surface area contributed by atoms with Crippen molar-refractivity contribution in [2.45, 2.75) is 13.8 Å². The van der Waals surface area contributed by atoms with Gasteiger partial charge in [0, 0.05) is 26.5 Å². The van der Waals surface area contributed by atoms with Crippen molar-refractivity contribution in [2.24, 2.45) is 5.41 Å². The van der Waals surface area contributed by atoms with Crippen LogP contribution in [0.5, 0.6) is 5.75 Å². The Kier molecular flexibility index (Phi) is 3.74. The SMILES string of the molecule is COc1ccc(N2C(=O)c3c4c(nc5ccc(Br)cc35)C(=O)C(C)(C)C=C42)cc1. The van der Waals surface area contributed by atoms with Gasteiger partial charge in [-0.25, -0.2) is 4.98 Å². The van der Waals surface area contributed by atoms with Gasteiger partial charge in [-0.2, -0.15) is 0 Å². The van der Waals surface area contributed by atoms with Crippen molar-refractivity contribution in [3.63, 3.8) is 0 Å². The highest BCUT2D eigenvalue weighted by molar-refractivity contribution is 9.10. The Hall–Kier alpha value is -2.99. The number of aromatic nitrogens is 1. The quantitative estimate of drug-likeness (QED) is 0.538. The van der Waals surface area contributed by atoms with E-state index < -0.39 is 5.41 Å². The molecule has 5 rings (SSSR count). The zero-order valence-corrected chi connectivity index (χ0v) is 17.7. The fraction of sp³-hybridized carbons (Fsp3) is 0.174. The summed E-state index contributed by atoms with van der Waals surface area (Å²) in [5.74, 6) is 0.475. The van der Waals surface area contributed by atoms with Gasteiger partial charge in [-0.05, 0) is 62.4 Å². The van der Waals surface area contributed by atoms with E-state index in [1.54, 1.807) is 12.0 Å². The largest absolute Gasteiger partial charge is 0.497 e. The lowest BCUT2D eigenvalue weighted by atomic mass is 9.78. The highest BCUT2D eigenvalue weighted by atomic mass is 79.9. The molecule has 3 aromatic rings. The number of ketones is 1. The molecule has 0 fully saturated rings. The van der Waals surface area contributed by atoms with Gasteiger partial charge in [-0.15, -0.1) is 0 Å². The van der Waals surface area contributed by atoms with Crippen LogP contribution in [0.4, 0.5) is 5.69 Å². The van der Waals surface area contributed by atoms with E-state index in [1.165, 1.54) is 0 Å². The van der Waals surface area contributed by atoms with E-state index in [4.69, 9.17) is 4.74 Å². The number of methoxy groups -OCH3 is 1. The minimum Gasteiger partial charge on any atom is -0.497 e. The van der Waals surface area contributed by atoms with Gasteiger partial charge in [0.15, 0.2) is 5.78 Å². The maximum absolute atomic E-state index is 13.6. The molecule has 1 aliphatic heterocycles. The number of amides is 1. The first kappa shape index (κ1) is 18.1. The lowest BCUT2D eigenvalue weighted by Gasteiger charge is -2.28. The number of nitrogens with zero attached hydrogens (tertiary/aromatic N) is 2. The zero-order valence-electron chi connectivity index (χ0n) is 16.1. The Labute approximate surface area is 176 Å². The van der Waals surface area contributed by atoms with Crippen LogP contribution in [0.15, 0.2) is 53.0 Å². The molecule has 0 N–H and O–H groups in total. The van der Waals surface area contributed by atoms with Gasteiger partial charge in [0.2, 0.25) is 0 Å². The molecule has 0 spiro atoms. The molecule has 0 bridgehead atoms. The van der Waals surface area contributed by atoms with Gasteiger partial charge < -0.3 is 4.74 Å². The van der Waals surface area contributed by atoms with E-state index in [0.717, 1.165) is 15.5 Å². The summed E-state index contributed by atoms with van der Waals surface area (Å²) in [6.45, 7) is 3.71. The third kappa shape index (κ3) is 2.48. The number of halogens is 1. The van der Waals surface area contributed by atoms with Crippen LogP contribution in [0.2, 0.25) is 0 Å². The molecular weight excluding hydrogens is 432 g/mol. The van der Waals surface area contributed by atoms with Crippen LogP contribution in [0.1, 0.15) is 40.3 Å². The number of hydrogen-bond donors (Lipinski definition) is 0. The molecule has 1 amide bonds. The van der Waals surface area contributed by atoms with Gasteiger partial charge in [0.1, 0.15) is 11.4 Å². The molecule has 2 aromatic carbocycles. The monoisotopic (exact) mass is 448 g/mol. The third-order valence-electron chi connectivity index (χ3n) is 5.49. The Morgan fingerprint density at radius 2 is 1.76 bits per heavy atom. The molecule has 5 nitrogen and oxygen atoms in total. The summed E-state index contributed by atoms with van der Waals surface area (Å²) in [5, 5.41) is 0.734. The molecular formula is C23H17BrN2O3. The molecule has 144 valence electrons. The van der Waals surface area contributed by atoms with Crippen LogP contribution >= 0.6 is 15.9 Å². The number of anilines is 1. The van der Waals surface area contributed by atoms with Crippen LogP contribution in [-0.2, 0) is 0 Å². The number of rotatable bonds is 2. The highest BCUT2D eigenvalue weighted by Crippen LogP contribution is 2.47. The minimum absolute atomic E-state index is 0.0771. The fourth-order valence-electron chi connectivity index (χ4n) is 4.04. The average Bonchev–Trinajstić information content (AvgIpc) is 2.98. The average molecular weight is 449 g/mol. The van der Waals surface area contributed by atoms with Crippen LogP contribution in [-0.4, -0.2) is 23.8 Å². The van der Waals surface area contributed by atoms with Gasteiger partial charge >= 0.3 is 0 Å². The second-order valence-corrected chi connectivity index (χ2v) is 8.71. The van der Waals surface area contributed by atoms with Gasteiger partial charge in [-0.1, -0.05) is 15.9 Å². The second kappa shape index (κ2) is 6.00. The molecule has 0 atom stereocenters. The van der Waals surface area contributed by atoms with Crippen molar-refractivity contribution in [3.8, 4) is 5.75 Å². The van der Waals surface area contributed by atoms with E-state index in [9.17, 15) is 9.59 Å². The number of hydrogen-bond acceptors (Lipinski definition) is 4. The number of fused-ring (bicyclic) bond motifs is 2. The van der Waals surface area contributed by atoms with Crippen molar-refractivity contribution in [1.82, 2.24) is 4.98 Å². The first-order chi connectivity index (χ1) is 13.8. The number of pyridine rings is 1. The number of carbonyl (C=O) groups excluding carboxylic acids is 2. The van der Waals surface area contributed by atoms with Gasteiger partial charge in [-0.3, -0.25) is 14.5 Å². The van der Waals surface area contributed by atoms with Crippen molar-refractivity contribution < 1.29 is 14.3 Å². The summed E-state index contributed by atoms with van der Waals surface area (Å²) in [7, 11) is 1.60. The van der Waals surface area contributed by atoms with Crippen LogP contribution in [0.3, 0.4) is 0 Å². The molecule has 6 heteroatoms.